The molecule has 6 nitrogen and oxygen atoms in total. The van der Waals surface area contributed by atoms with Gasteiger partial charge in [-0.05, 0) is 39.7 Å². The fraction of sp³-hybridized carbons (Fsp3) is 0.545. The van der Waals surface area contributed by atoms with E-state index in [1.807, 2.05) is 11.7 Å². The molecular formula is C22H34N6. The predicted molar refractivity (Wildman–Crippen MR) is 115 cm³/mol. The normalized spacial score (nSPS) is 20.5. The van der Waals surface area contributed by atoms with Crippen LogP contribution in [0.5, 0.6) is 0 Å². The van der Waals surface area contributed by atoms with Crippen molar-refractivity contribution in [2.45, 2.75) is 59.3 Å². The Balaban J connectivity index is 1.62. The lowest BCUT2D eigenvalue weighted by molar-refractivity contribution is 0.258. The summed E-state index contributed by atoms with van der Waals surface area (Å²) in [6.45, 7) is 12.1. The highest BCUT2D eigenvalue weighted by Crippen LogP contribution is 2.20. The van der Waals surface area contributed by atoms with Crippen LogP contribution in [0.1, 0.15) is 42.8 Å². The summed E-state index contributed by atoms with van der Waals surface area (Å²) in [5.41, 5.74) is 4.83. The molecule has 1 aliphatic heterocycles. The first-order valence-electron chi connectivity index (χ1n) is 10.3. The summed E-state index contributed by atoms with van der Waals surface area (Å²) in [6, 6.07) is 11.7. The number of nitrogens with one attached hydrogen (secondary N) is 2. The molecule has 152 valence electrons. The Kier molecular flexibility index (Phi) is 6.73. The minimum absolute atomic E-state index is 0.410. The molecule has 0 saturated carbocycles. The third-order valence-corrected chi connectivity index (χ3v) is 5.67. The lowest BCUT2D eigenvalue weighted by Crippen LogP contribution is -2.44. The van der Waals surface area contributed by atoms with Gasteiger partial charge in [-0.25, -0.2) is 4.99 Å². The van der Waals surface area contributed by atoms with Gasteiger partial charge in [-0.1, -0.05) is 30.3 Å². The summed E-state index contributed by atoms with van der Waals surface area (Å²) < 4.78 is 1.93. The Morgan fingerprint density at radius 3 is 2.64 bits per heavy atom. The van der Waals surface area contributed by atoms with Gasteiger partial charge in [0, 0.05) is 50.0 Å². The van der Waals surface area contributed by atoms with E-state index in [4.69, 9.17) is 4.99 Å². The number of aryl methyl sites for hydroxylation is 2. The number of hydrogen-bond donors (Lipinski definition) is 2. The van der Waals surface area contributed by atoms with Crippen LogP contribution >= 0.6 is 0 Å². The van der Waals surface area contributed by atoms with Crippen molar-refractivity contribution in [3.05, 3.63) is 52.8 Å². The molecular weight excluding hydrogens is 348 g/mol. The molecule has 3 rings (SSSR count). The van der Waals surface area contributed by atoms with E-state index >= 15 is 0 Å². The largest absolute Gasteiger partial charge is 0.357 e. The first kappa shape index (κ1) is 20.4. The monoisotopic (exact) mass is 382 g/mol. The maximum absolute atomic E-state index is 4.84. The highest BCUT2D eigenvalue weighted by Gasteiger charge is 2.29. The fourth-order valence-electron chi connectivity index (χ4n) is 3.96. The Labute approximate surface area is 169 Å². The van der Waals surface area contributed by atoms with Crippen LogP contribution in [0, 0.1) is 13.8 Å². The number of aliphatic imine (C=N–C) groups is 1. The molecule has 2 atom stereocenters. The van der Waals surface area contributed by atoms with E-state index in [0.29, 0.717) is 18.6 Å². The number of guanidine groups is 1. The van der Waals surface area contributed by atoms with E-state index < -0.39 is 0 Å². The lowest BCUT2D eigenvalue weighted by atomic mass is 10.2. The molecule has 2 heterocycles. The Hall–Kier alpha value is -2.34. The molecule has 1 saturated heterocycles. The standard InChI is InChI=1S/C22H34N6/c1-6-23-22(24-13-21-17(3)26-27(5)18(21)4)25-20-12-16(2)28(15-20)14-19-10-8-7-9-11-19/h7-11,16,20H,6,12-15H2,1-5H3,(H2,23,24,25). The lowest BCUT2D eigenvalue weighted by Gasteiger charge is -2.21. The second kappa shape index (κ2) is 9.24. The molecule has 0 bridgehead atoms. The van der Waals surface area contributed by atoms with Gasteiger partial charge < -0.3 is 10.6 Å². The van der Waals surface area contributed by atoms with Crippen LogP contribution in [0.25, 0.3) is 0 Å². The third kappa shape index (κ3) is 4.93. The highest BCUT2D eigenvalue weighted by atomic mass is 15.3. The number of aromatic nitrogens is 2. The molecule has 0 radical (unpaired) electrons. The van der Waals surface area contributed by atoms with Gasteiger partial charge in [-0.2, -0.15) is 5.10 Å². The fourth-order valence-corrected chi connectivity index (χ4v) is 3.96. The molecule has 1 aromatic carbocycles. The average Bonchev–Trinajstić information content (AvgIpc) is 3.12. The van der Waals surface area contributed by atoms with Crippen molar-refractivity contribution >= 4 is 5.96 Å². The van der Waals surface area contributed by atoms with Crippen molar-refractivity contribution in [1.29, 1.82) is 0 Å². The molecule has 2 unspecified atom stereocenters. The van der Waals surface area contributed by atoms with Crippen molar-refractivity contribution in [1.82, 2.24) is 25.3 Å². The Morgan fingerprint density at radius 1 is 1.25 bits per heavy atom. The zero-order chi connectivity index (χ0) is 20.1. The van der Waals surface area contributed by atoms with E-state index in [1.54, 1.807) is 0 Å². The number of nitrogens with zero attached hydrogens (tertiary/aromatic N) is 4. The summed E-state index contributed by atoms with van der Waals surface area (Å²) in [4.78, 5) is 7.39. The molecule has 1 aromatic heterocycles. The maximum Gasteiger partial charge on any atom is 0.191 e. The number of likely N-dealkylation sites (tertiary alicyclic amines) is 1. The zero-order valence-corrected chi connectivity index (χ0v) is 17.9. The Morgan fingerprint density at radius 2 is 2.00 bits per heavy atom. The summed E-state index contributed by atoms with van der Waals surface area (Å²) in [5, 5.41) is 11.5. The molecule has 0 spiro atoms. The van der Waals surface area contributed by atoms with E-state index in [-0.39, 0.29) is 0 Å². The van der Waals surface area contributed by atoms with Gasteiger partial charge in [0.25, 0.3) is 0 Å². The van der Waals surface area contributed by atoms with Crippen LogP contribution in [0.15, 0.2) is 35.3 Å². The van der Waals surface area contributed by atoms with Gasteiger partial charge in [0.15, 0.2) is 5.96 Å². The molecule has 28 heavy (non-hydrogen) atoms. The van der Waals surface area contributed by atoms with Crippen LogP contribution in [-0.2, 0) is 20.1 Å². The summed E-state index contributed by atoms with van der Waals surface area (Å²) in [5.74, 6) is 0.893. The van der Waals surface area contributed by atoms with E-state index in [0.717, 1.165) is 37.7 Å². The van der Waals surface area contributed by atoms with Crippen molar-refractivity contribution in [3.63, 3.8) is 0 Å². The minimum Gasteiger partial charge on any atom is -0.357 e. The van der Waals surface area contributed by atoms with E-state index in [2.05, 4.69) is 78.7 Å². The van der Waals surface area contributed by atoms with Crippen LogP contribution in [-0.4, -0.2) is 45.8 Å². The van der Waals surface area contributed by atoms with Gasteiger partial charge >= 0.3 is 0 Å². The first-order chi connectivity index (χ1) is 13.5. The van der Waals surface area contributed by atoms with Gasteiger partial charge in [0.2, 0.25) is 0 Å². The highest BCUT2D eigenvalue weighted by molar-refractivity contribution is 5.80. The number of benzene rings is 1. The predicted octanol–water partition coefficient (Wildman–Crippen LogP) is 2.76. The van der Waals surface area contributed by atoms with Crippen molar-refractivity contribution < 1.29 is 0 Å². The van der Waals surface area contributed by atoms with Crippen molar-refractivity contribution in [2.75, 3.05) is 13.1 Å². The summed E-state index contributed by atoms with van der Waals surface area (Å²) >= 11 is 0. The van der Waals surface area contributed by atoms with Crippen LogP contribution in [0.2, 0.25) is 0 Å². The number of rotatable bonds is 6. The van der Waals surface area contributed by atoms with E-state index in [9.17, 15) is 0 Å². The molecule has 6 heteroatoms. The Bertz CT molecular complexity index is 795. The average molecular weight is 383 g/mol. The zero-order valence-electron chi connectivity index (χ0n) is 17.9. The topological polar surface area (TPSA) is 57.5 Å². The minimum atomic E-state index is 0.410. The van der Waals surface area contributed by atoms with Crippen molar-refractivity contribution in [3.8, 4) is 0 Å². The van der Waals surface area contributed by atoms with Gasteiger partial charge in [0.1, 0.15) is 0 Å². The molecule has 2 aromatic rings. The van der Waals surface area contributed by atoms with Crippen LogP contribution < -0.4 is 10.6 Å². The van der Waals surface area contributed by atoms with Crippen LogP contribution in [0.3, 0.4) is 0 Å². The van der Waals surface area contributed by atoms with Gasteiger partial charge in [-0.15, -0.1) is 0 Å². The number of hydrogen-bond acceptors (Lipinski definition) is 3. The van der Waals surface area contributed by atoms with Crippen molar-refractivity contribution in [2.24, 2.45) is 12.0 Å². The molecule has 1 fully saturated rings. The molecule has 0 aliphatic carbocycles. The molecule has 1 aliphatic rings. The quantitative estimate of drug-likeness (QED) is 0.596. The van der Waals surface area contributed by atoms with Crippen LogP contribution in [0.4, 0.5) is 0 Å². The van der Waals surface area contributed by atoms with E-state index in [1.165, 1.54) is 16.8 Å². The second-order valence-corrected chi connectivity index (χ2v) is 7.81. The molecule has 2 N–H and O–H groups in total. The van der Waals surface area contributed by atoms with Gasteiger partial charge in [-0.3, -0.25) is 9.58 Å². The second-order valence-electron chi connectivity index (χ2n) is 7.81. The third-order valence-electron chi connectivity index (χ3n) is 5.67. The molecule has 0 amide bonds. The van der Waals surface area contributed by atoms with Gasteiger partial charge in [0.05, 0.1) is 12.2 Å². The summed E-state index contributed by atoms with van der Waals surface area (Å²) in [6.07, 6.45) is 1.13. The maximum atomic E-state index is 4.84. The first-order valence-corrected chi connectivity index (χ1v) is 10.3. The summed E-state index contributed by atoms with van der Waals surface area (Å²) in [7, 11) is 1.99. The smallest absolute Gasteiger partial charge is 0.191 e. The SMILES string of the molecule is CCNC(=NCc1c(C)nn(C)c1C)NC1CC(C)N(Cc2ccccc2)C1.